The second-order valence-electron chi connectivity index (χ2n) is 5.41. The Hall–Kier alpha value is -1.46. The molecule has 0 aliphatic carbocycles. The molecule has 2 N–H and O–H groups in total. The summed E-state index contributed by atoms with van der Waals surface area (Å²) in [5, 5.41) is 0. The van der Waals surface area contributed by atoms with Crippen molar-refractivity contribution >= 4 is 23.1 Å². The van der Waals surface area contributed by atoms with Gasteiger partial charge in [0.05, 0.1) is 0 Å². The van der Waals surface area contributed by atoms with E-state index < -0.39 is 0 Å². The maximum absolute atomic E-state index is 12.7. The van der Waals surface area contributed by atoms with Crippen molar-refractivity contribution in [2.75, 3.05) is 26.7 Å². The monoisotopic (exact) mass is 291 g/mol. The van der Waals surface area contributed by atoms with E-state index in [-0.39, 0.29) is 11.9 Å². The minimum absolute atomic E-state index is 0.0610. The Balaban J connectivity index is 2.21. The van der Waals surface area contributed by atoms with Crippen LogP contribution in [0.4, 0.5) is 0 Å². The number of hydrogen-bond acceptors (Lipinski definition) is 3. The van der Waals surface area contributed by atoms with Gasteiger partial charge < -0.3 is 15.5 Å². The molecule has 0 radical (unpaired) electrons. The van der Waals surface area contributed by atoms with E-state index in [9.17, 15) is 4.79 Å². The Morgan fingerprint density at radius 2 is 2.05 bits per heavy atom. The van der Waals surface area contributed by atoms with E-state index >= 15 is 0 Å². The second-order valence-corrected chi connectivity index (χ2v) is 5.85. The van der Waals surface area contributed by atoms with Crippen LogP contribution in [0.2, 0.25) is 0 Å². The number of carbonyl (C=O) groups is 1. The summed E-state index contributed by atoms with van der Waals surface area (Å²) in [6.07, 6.45) is 1.00. The first-order valence-corrected chi connectivity index (χ1v) is 7.29. The van der Waals surface area contributed by atoms with E-state index in [4.69, 9.17) is 18.0 Å². The summed E-state index contributed by atoms with van der Waals surface area (Å²) in [6.45, 7) is 4.82. The van der Waals surface area contributed by atoms with Gasteiger partial charge in [0.2, 0.25) is 0 Å². The number of likely N-dealkylation sites (N-methyl/N-ethyl adjacent to an activating group) is 1. The molecular formula is C15H21N3OS. The van der Waals surface area contributed by atoms with E-state index in [1.807, 2.05) is 23.1 Å². The molecule has 1 saturated heterocycles. The number of rotatable bonds is 2. The van der Waals surface area contributed by atoms with Crippen LogP contribution in [0, 0.1) is 0 Å². The van der Waals surface area contributed by atoms with Crippen LogP contribution >= 0.6 is 12.2 Å². The minimum Gasteiger partial charge on any atom is -0.389 e. The van der Waals surface area contributed by atoms with Crippen molar-refractivity contribution < 1.29 is 4.79 Å². The Morgan fingerprint density at radius 3 is 2.75 bits per heavy atom. The van der Waals surface area contributed by atoms with Crippen molar-refractivity contribution in [2.45, 2.75) is 19.4 Å². The second kappa shape index (κ2) is 6.33. The van der Waals surface area contributed by atoms with Gasteiger partial charge in [-0.2, -0.15) is 0 Å². The zero-order valence-corrected chi connectivity index (χ0v) is 12.8. The zero-order chi connectivity index (χ0) is 14.7. The molecule has 2 rings (SSSR count). The average Bonchev–Trinajstić information content (AvgIpc) is 2.58. The van der Waals surface area contributed by atoms with Crippen molar-refractivity contribution in [2.24, 2.45) is 5.73 Å². The first-order valence-electron chi connectivity index (χ1n) is 6.88. The van der Waals surface area contributed by atoms with Gasteiger partial charge in [-0.1, -0.05) is 24.4 Å². The number of nitrogens with two attached hydrogens (primary N) is 1. The normalized spacial score (nSPS) is 20.5. The summed E-state index contributed by atoms with van der Waals surface area (Å²) in [5.41, 5.74) is 7.03. The van der Waals surface area contributed by atoms with E-state index in [0.29, 0.717) is 10.6 Å². The fourth-order valence-corrected chi connectivity index (χ4v) is 2.77. The lowest BCUT2D eigenvalue weighted by atomic mass is 10.1. The third-order valence-electron chi connectivity index (χ3n) is 3.70. The number of hydrogen-bond donors (Lipinski definition) is 1. The molecule has 1 aliphatic rings. The number of thiocarbonyl (C=S) groups is 1. The smallest absolute Gasteiger partial charge is 0.254 e. The van der Waals surface area contributed by atoms with E-state index in [1.54, 1.807) is 6.07 Å². The molecule has 0 aromatic heterocycles. The standard InChI is InChI=1S/C15H21N3OS/c1-11-10-17(2)7-4-8-18(11)15(19)13-6-3-5-12(9-13)14(16)20/h3,5-6,9,11H,4,7-8,10H2,1-2H3,(H2,16,20). The quantitative estimate of drug-likeness (QED) is 0.839. The van der Waals surface area contributed by atoms with Crippen LogP contribution in [0.3, 0.4) is 0 Å². The summed E-state index contributed by atoms with van der Waals surface area (Å²) < 4.78 is 0. The van der Waals surface area contributed by atoms with Gasteiger partial charge in [-0.05, 0) is 39.1 Å². The molecule has 1 unspecified atom stereocenters. The number of nitrogens with zero attached hydrogens (tertiary/aromatic N) is 2. The lowest BCUT2D eigenvalue weighted by Crippen LogP contribution is -2.42. The maximum atomic E-state index is 12.7. The van der Waals surface area contributed by atoms with Gasteiger partial charge in [-0.15, -0.1) is 0 Å². The lowest BCUT2D eigenvalue weighted by molar-refractivity contribution is 0.0696. The molecule has 1 amide bonds. The van der Waals surface area contributed by atoms with Crippen LogP contribution in [0.15, 0.2) is 24.3 Å². The fourth-order valence-electron chi connectivity index (χ4n) is 2.65. The van der Waals surface area contributed by atoms with Crippen molar-refractivity contribution in [1.29, 1.82) is 0 Å². The molecule has 0 bridgehead atoms. The topological polar surface area (TPSA) is 49.6 Å². The lowest BCUT2D eigenvalue weighted by Gasteiger charge is -2.28. The Labute approximate surface area is 125 Å². The molecule has 0 spiro atoms. The van der Waals surface area contributed by atoms with Crippen molar-refractivity contribution in [3.8, 4) is 0 Å². The SMILES string of the molecule is CC1CN(C)CCCN1C(=O)c1cccc(C(N)=S)c1. The van der Waals surface area contributed by atoms with Crippen LogP contribution in [0.5, 0.6) is 0 Å². The maximum Gasteiger partial charge on any atom is 0.254 e. The molecule has 0 saturated carbocycles. The first-order chi connectivity index (χ1) is 9.49. The van der Waals surface area contributed by atoms with Crippen LogP contribution in [0.25, 0.3) is 0 Å². The molecule has 1 aromatic carbocycles. The van der Waals surface area contributed by atoms with Crippen LogP contribution in [0.1, 0.15) is 29.3 Å². The molecule has 1 aliphatic heterocycles. The first kappa shape index (κ1) is 14.9. The molecule has 1 fully saturated rings. The highest BCUT2D eigenvalue weighted by molar-refractivity contribution is 7.80. The fraction of sp³-hybridized carbons (Fsp3) is 0.467. The third kappa shape index (κ3) is 3.35. The highest BCUT2D eigenvalue weighted by Gasteiger charge is 2.25. The molecule has 1 aromatic rings. The predicted octanol–water partition coefficient (Wildman–Crippen LogP) is 1.49. The molecule has 1 atom stereocenters. The van der Waals surface area contributed by atoms with Gasteiger partial charge in [0.1, 0.15) is 4.99 Å². The largest absolute Gasteiger partial charge is 0.389 e. The number of benzene rings is 1. The highest BCUT2D eigenvalue weighted by atomic mass is 32.1. The molecule has 108 valence electrons. The predicted molar refractivity (Wildman–Crippen MR) is 84.9 cm³/mol. The summed E-state index contributed by atoms with van der Waals surface area (Å²) in [5.74, 6) is 0.0610. The van der Waals surface area contributed by atoms with Crippen LogP contribution < -0.4 is 5.73 Å². The van der Waals surface area contributed by atoms with Gasteiger partial charge in [0.15, 0.2) is 0 Å². The minimum atomic E-state index is 0.0610. The zero-order valence-electron chi connectivity index (χ0n) is 12.0. The molecule has 1 heterocycles. The number of carbonyl (C=O) groups excluding carboxylic acids is 1. The van der Waals surface area contributed by atoms with E-state index in [0.717, 1.165) is 31.6 Å². The molecular weight excluding hydrogens is 270 g/mol. The van der Waals surface area contributed by atoms with Gasteiger partial charge in [-0.25, -0.2) is 0 Å². The van der Waals surface area contributed by atoms with Crippen LogP contribution in [-0.2, 0) is 0 Å². The van der Waals surface area contributed by atoms with Gasteiger partial charge in [0, 0.05) is 30.3 Å². The number of amides is 1. The van der Waals surface area contributed by atoms with Gasteiger partial charge >= 0.3 is 0 Å². The van der Waals surface area contributed by atoms with E-state index in [2.05, 4.69) is 18.9 Å². The van der Waals surface area contributed by atoms with Crippen molar-refractivity contribution in [1.82, 2.24) is 9.80 Å². The van der Waals surface area contributed by atoms with E-state index in [1.165, 1.54) is 0 Å². The third-order valence-corrected chi connectivity index (χ3v) is 3.94. The summed E-state index contributed by atoms with van der Waals surface area (Å²) in [4.78, 5) is 17.2. The summed E-state index contributed by atoms with van der Waals surface area (Å²) >= 11 is 4.97. The molecule has 5 heteroatoms. The average molecular weight is 291 g/mol. The summed E-state index contributed by atoms with van der Waals surface area (Å²) in [6, 6.07) is 7.48. The van der Waals surface area contributed by atoms with Gasteiger partial charge in [0.25, 0.3) is 5.91 Å². The molecule has 4 nitrogen and oxygen atoms in total. The van der Waals surface area contributed by atoms with Crippen LogP contribution in [-0.4, -0.2) is 53.4 Å². The Morgan fingerprint density at radius 1 is 1.35 bits per heavy atom. The van der Waals surface area contributed by atoms with Gasteiger partial charge in [-0.3, -0.25) is 4.79 Å². The van der Waals surface area contributed by atoms with Crippen molar-refractivity contribution in [3.63, 3.8) is 0 Å². The Bertz CT molecular complexity index is 518. The highest BCUT2D eigenvalue weighted by Crippen LogP contribution is 2.14. The molecule has 20 heavy (non-hydrogen) atoms. The van der Waals surface area contributed by atoms with Crippen molar-refractivity contribution in [3.05, 3.63) is 35.4 Å². The Kier molecular flexibility index (Phi) is 4.73. The summed E-state index contributed by atoms with van der Waals surface area (Å²) in [7, 11) is 2.10.